The number of halogens is 1. The number of anilines is 1. The van der Waals surface area contributed by atoms with Crippen molar-refractivity contribution in [3.63, 3.8) is 0 Å². The van der Waals surface area contributed by atoms with Crippen molar-refractivity contribution in [2.45, 2.75) is 36.8 Å². The Kier molecular flexibility index (Phi) is 4.39. The van der Waals surface area contributed by atoms with Gasteiger partial charge in [0.15, 0.2) is 0 Å². The molecule has 0 fully saturated rings. The first-order chi connectivity index (χ1) is 9.36. The molecule has 0 heterocycles. The Hall–Kier alpha value is -1.48. The second-order valence-corrected chi connectivity index (χ2v) is 6.94. The summed E-state index contributed by atoms with van der Waals surface area (Å²) in [6, 6.07) is 13.4. The summed E-state index contributed by atoms with van der Waals surface area (Å²) in [5.74, 6) is 0.506. The number of thioether (sulfide) groups is 1. The highest BCUT2D eigenvalue weighted by Crippen LogP contribution is 2.28. The van der Waals surface area contributed by atoms with E-state index in [2.05, 4.69) is 45.0 Å². The maximum atomic E-state index is 13.7. The lowest BCUT2D eigenvalue weighted by atomic mass is 9.87. The first kappa shape index (κ1) is 14.9. The van der Waals surface area contributed by atoms with Crippen LogP contribution in [-0.2, 0) is 11.2 Å². The molecule has 0 aromatic heterocycles. The van der Waals surface area contributed by atoms with Crippen molar-refractivity contribution in [1.29, 1.82) is 0 Å². The minimum atomic E-state index is -0.249. The molecule has 2 aromatic carbocycles. The topological polar surface area (TPSA) is 26.0 Å². The van der Waals surface area contributed by atoms with Gasteiger partial charge >= 0.3 is 0 Å². The predicted molar refractivity (Wildman–Crippen MR) is 85.5 cm³/mol. The van der Waals surface area contributed by atoms with E-state index in [0.717, 1.165) is 5.75 Å². The van der Waals surface area contributed by atoms with Crippen LogP contribution in [0.3, 0.4) is 0 Å². The molecule has 0 unspecified atom stereocenters. The zero-order valence-electron chi connectivity index (χ0n) is 12.1. The molecule has 0 amide bonds. The predicted octanol–water partition coefficient (Wildman–Crippen LogP) is 5.00. The molecule has 0 aliphatic heterocycles. The molecule has 106 valence electrons. The number of hydrogen-bond donors (Lipinski definition) is 1. The van der Waals surface area contributed by atoms with Crippen molar-refractivity contribution in [3.05, 3.63) is 59.4 Å². The fourth-order valence-electron chi connectivity index (χ4n) is 1.90. The molecule has 0 saturated carbocycles. The molecule has 1 nitrogen and oxygen atoms in total. The van der Waals surface area contributed by atoms with E-state index >= 15 is 0 Å². The Labute approximate surface area is 124 Å². The molecular weight excluding hydrogens is 269 g/mol. The van der Waals surface area contributed by atoms with Crippen LogP contribution in [0.2, 0.25) is 0 Å². The maximum Gasteiger partial charge on any atom is 0.138 e. The molecule has 3 heteroatoms. The van der Waals surface area contributed by atoms with Crippen molar-refractivity contribution >= 4 is 17.4 Å². The molecule has 20 heavy (non-hydrogen) atoms. The SMILES string of the molecule is CC(C)(C)c1ccc(CSc2ccc(N)cc2F)cc1. The fourth-order valence-corrected chi connectivity index (χ4v) is 2.77. The minimum Gasteiger partial charge on any atom is -0.399 e. The molecule has 0 atom stereocenters. The molecule has 0 aliphatic carbocycles. The van der Waals surface area contributed by atoms with Gasteiger partial charge in [-0.25, -0.2) is 4.39 Å². The summed E-state index contributed by atoms with van der Waals surface area (Å²) in [5, 5.41) is 0. The summed E-state index contributed by atoms with van der Waals surface area (Å²) in [7, 11) is 0. The van der Waals surface area contributed by atoms with Gasteiger partial charge in [0.2, 0.25) is 0 Å². The largest absolute Gasteiger partial charge is 0.399 e. The lowest BCUT2D eigenvalue weighted by Gasteiger charge is -2.19. The second kappa shape index (κ2) is 5.88. The third-order valence-electron chi connectivity index (χ3n) is 3.17. The second-order valence-electron chi connectivity index (χ2n) is 5.93. The lowest BCUT2D eigenvalue weighted by molar-refractivity contribution is 0.590. The number of nitrogen functional groups attached to an aromatic ring is 1. The third kappa shape index (κ3) is 3.76. The average molecular weight is 289 g/mol. The van der Waals surface area contributed by atoms with Crippen LogP contribution in [0, 0.1) is 5.82 Å². The smallest absolute Gasteiger partial charge is 0.138 e. The number of hydrogen-bond acceptors (Lipinski definition) is 2. The number of nitrogens with two attached hydrogens (primary N) is 1. The van der Waals surface area contributed by atoms with Crippen molar-refractivity contribution in [3.8, 4) is 0 Å². The average Bonchev–Trinajstić information content (AvgIpc) is 2.37. The Balaban J connectivity index is 2.04. The van der Waals surface area contributed by atoms with Gasteiger partial charge in [-0.3, -0.25) is 0 Å². The van der Waals surface area contributed by atoms with Gasteiger partial charge in [0.1, 0.15) is 5.82 Å². The molecule has 0 radical (unpaired) electrons. The molecule has 0 spiro atoms. The van der Waals surface area contributed by atoms with Crippen LogP contribution in [0.1, 0.15) is 31.9 Å². The first-order valence-electron chi connectivity index (χ1n) is 6.63. The quantitative estimate of drug-likeness (QED) is 0.636. The molecule has 2 rings (SSSR count). The van der Waals surface area contributed by atoms with E-state index < -0.39 is 0 Å². The Bertz CT molecular complexity index is 585. The van der Waals surface area contributed by atoms with Gasteiger partial charge in [0.05, 0.1) is 0 Å². The summed E-state index contributed by atoms with van der Waals surface area (Å²) in [6.45, 7) is 6.58. The lowest BCUT2D eigenvalue weighted by Crippen LogP contribution is -2.10. The summed E-state index contributed by atoms with van der Waals surface area (Å²) in [5.41, 5.74) is 8.67. The van der Waals surface area contributed by atoms with Crippen LogP contribution >= 0.6 is 11.8 Å². The van der Waals surface area contributed by atoms with E-state index in [1.54, 1.807) is 12.1 Å². The monoisotopic (exact) mass is 289 g/mol. The van der Waals surface area contributed by atoms with Gasteiger partial charge in [-0.15, -0.1) is 11.8 Å². The van der Waals surface area contributed by atoms with Gasteiger partial charge in [-0.2, -0.15) is 0 Å². The first-order valence-corrected chi connectivity index (χ1v) is 7.62. The molecule has 2 N–H and O–H groups in total. The van der Waals surface area contributed by atoms with Gasteiger partial charge < -0.3 is 5.73 Å². The van der Waals surface area contributed by atoms with E-state index in [1.807, 2.05) is 0 Å². The number of benzene rings is 2. The van der Waals surface area contributed by atoms with Crippen LogP contribution in [0.4, 0.5) is 10.1 Å². The molecule has 0 saturated heterocycles. The van der Waals surface area contributed by atoms with Crippen molar-refractivity contribution in [1.82, 2.24) is 0 Å². The summed E-state index contributed by atoms with van der Waals surface area (Å²) < 4.78 is 13.7. The van der Waals surface area contributed by atoms with Gasteiger partial charge in [0.25, 0.3) is 0 Å². The van der Waals surface area contributed by atoms with Gasteiger partial charge in [-0.1, -0.05) is 45.0 Å². The van der Waals surface area contributed by atoms with Crippen LogP contribution in [-0.4, -0.2) is 0 Å². The highest BCUT2D eigenvalue weighted by atomic mass is 32.2. The zero-order chi connectivity index (χ0) is 14.8. The summed E-state index contributed by atoms with van der Waals surface area (Å²) in [6.07, 6.45) is 0. The Morgan fingerprint density at radius 3 is 2.25 bits per heavy atom. The Morgan fingerprint density at radius 2 is 1.70 bits per heavy atom. The third-order valence-corrected chi connectivity index (χ3v) is 4.29. The van der Waals surface area contributed by atoms with Crippen molar-refractivity contribution in [2.75, 3.05) is 5.73 Å². The Morgan fingerprint density at radius 1 is 1.05 bits per heavy atom. The number of rotatable bonds is 3. The van der Waals surface area contributed by atoms with Crippen LogP contribution in [0.5, 0.6) is 0 Å². The molecule has 2 aromatic rings. The highest BCUT2D eigenvalue weighted by Gasteiger charge is 2.12. The minimum absolute atomic E-state index is 0.161. The van der Waals surface area contributed by atoms with Crippen LogP contribution in [0.15, 0.2) is 47.4 Å². The van der Waals surface area contributed by atoms with Gasteiger partial charge in [-0.05, 0) is 34.7 Å². The van der Waals surface area contributed by atoms with E-state index in [1.165, 1.54) is 29.0 Å². The van der Waals surface area contributed by atoms with E-state index in [4.69, 9.17) is 5.73 Å². The molecular formula is C17H20FNS. The van der Waals surface area contributed by atoms with Crippen molar-refractivity contribution in [2.24, 2.45) is 0 Å². The highest BCUT2D eigenvalue weighted by molar-refractivity contribution is 7.98. The summed E-state index contributed by atoms with van der Waals surface area (Å²) >= 11 is 1.49. The van der Waals surface area contributed by atoms with E-state index in [-0.39, 0.29) is 11.2 Å². The maximum absolute atomic E-state index is 13.7. The van der Waals surface area contributed by atoms with E-state index in [0.29, 0.717) is 10.6 Å². The molecule has 0 bridgehead atoms. The van der Waals surface area contributed by atoms with Crippen molar-refractivity contribution < 1.29 is 4.39 Å². The van der Waals surface area contributed by atoms with Crippen LogP contribution < -0.4 is 5.73 Å². The normalized spacial score (nSPS) is 11.6. The van der Waals surface area contributed by atoms with Gasteiger partial charge in [0, 0.05) is 16.3 Å². The zero-order valence-corrected chi connectivity index (χ0v) is 12.9. The van der Waals surface area contributed by atoms with E-state index in [9.17, 15) is 4.39 Å². The summed E-state index contributed by atoms with van der Waals surface area (Å²) in [4.78, 5) is 0.638. The van der Waals surface area contributed by atoms with Crippen LogP contribution in [0.25, 0.3) is 0 Å². The standard InChI is InChI=1S/C17H20FNS/c1-17(2,3)13-6-4-12(5-7-13)11-20-16-9-8-14(19)10-15(16)18/h4-10H,11,19H2,1-3H3. The molecule has 0 aliphatic rings. The fraction of sp³-hybridized carbons (Fsp3) is 0.294.